The summed E-state index contributed by atoms with van der Waals surface area (Å²) in [6, 6.07) is 11.0. The van der Waals surface area contributed by atoms with Crippen LogP contribution in [0.2, 0.25) is 0 Å². The lowest BCUT2D eigenvalue weighted by Gasteiger charge is -2.14. The molecule has 0 bridgehead atoms. The van der Waals surface area contributed by atoms with Crippen molar-refractivity contribution in [3.8, 4) is 0 Å². The molecule has 0 radical (unpaired) electrons. The minimum atomic E-state index is 0.461. The van der Waals surface area contributed by atoms with Crippen LogP contribution in [0.4, 0.5) is 0 Å². The summed E-state index contributed by atoms with van der Waals surface area (Å²) in [5.41, 5.74) is 2.74. The third-order valence-electron chi connectivity index (χ3n) is 4.33. The number of aryl methyl sites for hydroxylation is 1. The third kappa shape index (κ3) is 3.47. The van der Waals surface area contributed by atoms with Crippen LogP contribution in [-0.2, 0) is 17.8 Å². The Balaban J connectivity index is 1.76. The van der Waals surface area contributed by atoms with Gasteiger partial charge in [0.1, 0.15) is 0 Å². The number of rotatable bonds is 7. The standard InChI is InChI=1S/C18H26N2O/c1-2-10-19-14-16-13-15-6-3-4-8-18(15)20(16)11-9-17-7-5-12-21-17/h3-4,6,8,13,17,19H,2,5,7,9-12,14H2,1H3. The molecule has 1 aromatic carbocycles. The first-order valence-electron chi connectivity index (χ1n) is 8.28. The lowest BCUT2D eigenvalue weighted by molar-refractivity contribution is 0.100. The zero-order valence-electron chi connectivity index (χ0n) is 13.0. The number of hydrogen-bond donors (Lipinski definition) is 1. The fraction of sp³-hybridized carbons (Fsp3) is 0.556. The molecule has 114 valence electrons. The molecule has 1 fully saturated rings. The summed E-state index contributed by atoms with van der Waals surface area (Å²) in [6.45, 7) is 6.24. The van der Waals surface area contributed by atoms with E-state index in [4.69, 9.17) is 4.74 Å². The number of hydrogen-bond acceptors (Lipinski definition) is 2. The monoisotopic (exact) mass is 286 g/mol. The quantitative estimate of drug-likeness (QED) is 0.785. The third-order valence-corrected chi connectivity index (χ3v) is 4.33. The highest BCUT2D eigenvalue weighted by Gasteiger charge is 2.16. The van der Waals surface area contributed by atoms with Gasteiger partial charge in [-0.15, -0.1) is 0 Å². The van der Waals surface area contributed by atoms with Crippen LogP contribution in [0.15, 0.2) is 30.3 Å². The van der Waals surface area contributed by atoms with Crippen LogP contribution < -0.4 is 5.32 Å². The molecule has 0 spiro atoms. The minimum absolute atomic E-state index is 0.461. The van der Waals surface area contributed by atoms with Crippen molar-refractivity contribution >= 4 is 10.9 Å². The van der Waals surface area contributed by atoms with E-state index in [0.717, 1.165) is 32.7 Å². The van der Waals surface area contributed by atoms with Gasteiger partial charge in [0, 0.05) is 30.9 Å². The molecule has 1 atom stereocenters. The van der Waals surface area contributed by atoms with E-state index in [1.165, 1.54) is 35.9 Å². The maximum absolute atomic E-state index is 5.77. The van der Waals surface area contributed by atoms with Gasteiger partial charge in [-0.3, -0.25) is 0 Å². The zero-order valence-corrected chi connectivity index (χ0v) is 13.0. The molecule has 0 aliphatic carbocycles. The lowest BCUT2D eigenvalue weighted by Crippen LogP contribution is -2.18. The number of nitrogens with zero attached hydrogens (tertiary/aromatic N) is 1. The maximum Gasteiger partial charge on any atom is 0.0593 e. The molecule has 1 N–H and O–H groups in total. The summed E-state index contributed by atoms with van der Waals surface area (Å²) in [5, 5.41) is 4.87. The number of para-hydroxylation sites is 1. The molecular weight excluding hydrogens is 260 g/mol. The molecule has 0 amide bonds. The number of fused-ring (bicyclic) bond motifs is 1. The Labute approximate surface area is 127 Å². The smallest absolute Gasteiger partial charge is 0.0593 e. The van der Waals surface area contributed by atoms with Crippen molar-refractivity contribution in [2.75, 3.05) is 13.2 Å². The van der Waals surface area contributed by atoms with E-state index in [-0.39, 0.29) is 0 Å². The van der Waals surface area contributed by atoms with Crippen molar-refractivity contribution < 1.29 is 4.74 Å². The molecule has 3 rings (SSSR count). The van der Waals surface area contributed by atoms with Gasteiger partial charge in [0.05, 0.1) is 6.10 Å². The zero-order chi connectivity index (χ0) is 14.5. The van der Waals surface area contributed by atoms with Crippen molar-refractivity contribution in [3.05, 3.63) is 36.0 Å². The van der Waals surface area contributed by atoms with Gasteiger partial charge in [-0.2, -0.15) is 0 Å². The lowest BCUT2D eigenvalue weighted by atomic mass is 10.2. The number of ether oxygens (including phenoxy) is 1. The van der Waals surface area contributed by atoms with Gasteiger partial charge in [0.2, 0.25) is 0 Å². The van der Waals surface area contributed by atoms with Gasteiger partial charge in [-0.05, 0) is 49.7 Å². The van der Waals surface area contributed by atoms with Crippen molar-refractivity contribution in [2.24, 2.45) is 0 Å². The van der Waals surface area contributed by atoms with Crippen LogP contribution in [-0.4, -0.2) is 23.8 Å². The highest BCUT2D eigenvalue weighted by molar-refractivity contribution is 5.81. The topological polar surface area (TPSA) is 26.2 Å². The van der Waals surface area contributed by atoms with E-state index in [1.54, 1.807) is 0 Å². The Bertz CT molecular complexity index is 570. The molecule has 1 aliphatic heterocycles. The van der Waals surface area contributed by atoms with Gasteiger partial charge in [-0.1, -0.05) is 25.1 Å². The summed E-state index contributed by atoms with van der Waals surface area (Å²) >= 11 is 0. The number of nitrogens with one attached hydrogen (secondary N) is 1. The molecule has 1 aliphatic rings. The maximum atomic E-state index is 5.77. The molecule has 2 aromatic rings. The van der Waals surface area contributed by atoms with Crippen LogP contribution in [0.5, 0.6) is 0 Å². The van der Waals surface area contributed by atoms with Crippen molar-refractivity contribution in [3.63, 3.8) is 0 Å². The van der Waals surface area contributed by atoms with E-state index in [0.29, 0.717) is 6.10 Å². The Morgan fingerprint density at radius 2 is 2.24 bits per heavy atom. The molecule has 1 unspecified atom stereocenters. The molecule has 3 nitrogen and oxygen atoms in total. The van der Waals surface area contributed by atoms with Crippen LogP contribution >= 0.6 is 0 Å². The van der Waals surface area contributed by atoms with Gasteiger partial charge >= 0.3 is 0 Å². The van der Waals surface area contributed by atoms with Gasteiger partial charge in [-0.25, -0.2) is 0 Å². The van der Waals surface area contributed by atoms with Gasteiger partial charge in [0.15, 0.2) is 0 Å². The molecule has 1 saturated heterocycles. The van der Waals surface area contributed by atoms with Crippen LogP contribution in [0, 0.1) is 0 Å². The summed E-state index contributed by atoms with van der Waals surface area (Å²) < 4.78 is 8.24. The first kappa shape index (κ1) is 14.6. The predicted molar refractivity (Wildman–Crippen MR) is 87.5 cm³/mol. The second-order valence-electron chi connectivity index (χ2n) is 5.95. The van der Waals surface area contributed by atoms with Gasteiger partial charge in [0.25, 0.3) is 0 Å². The summed E-state index contributed by atoms with van der Waals surface area (Å²) in [7, 11) is 0. The fourth-order valence-corrected chi connectivity index (χ4v) is 3.22. The molecular formula is C18H26N2O. The molecule has 3 heteroatoms. The second-order valence-corrected chi connectivity index (χ2v) is 5.95. The summed E-state index contributed by atoms with van der Waals surface area (Å²) in [6.07, 6.45) is 5.21. The van der Waals surface area contributed by atoms with Crippen LogP contribution in [0.25, 0.3) is 10.9 Å². The van der Waals surface area contributed by atoms with E-state index >= 15 is 0 Å². The molecule has 1 aromatic heterocycles. The van der Waals surface area contributed by atoms with E-state index in [9.17, 15) is 0 Å². The average molecular weight is 286 g/mol. The fourth-order valence-electron chi connectivity index (χ4n) is 3.22. The summed E-state index contributed by atoms with van der Waals surface area (Å²) in [5.74, 6) is 0. The van der Waals surface area contributed by atoms with Crippen molar-refractivity contribution in [2.45, 2.75) is 51.8 Å². The van der Waals surface area contributed by atoms with Crippen molar-refractivity contribution in [1.82, 2.24) is 9.88 Å². The molecule has 2 heterocycles. The van der Waals surface area contributed by atoms with E-state index in [1.807, 2.05) is 0 Å². The Morgan fingerprint density at radius 3 is 3.05 bits per heavy atom. The summed E-state index contributed by atoms with van der Waals surface area (Å²) in [4.78, 5) is 0. The van der Waals surface area contributed by atoms with Gasteiger partial charge < -0.3 is 14.6 Å². The Hall–Kier alpha value is -1.32. The predicted octanol–water partition coefficient (Wildman–Crippen LogP) is 3.71. The molecule has 0 saturated carbocycles. The Kier molecular flexibility index (Phi) is 4.94. The minimum Gasteiger partial charge on any atom is -0.378 e. The highest BCUT2D eigenvalue weighted by Crippen LogP contribution is 2.22. The largest absolute Gasteiger partial charge is 0.378 e. The molecule has 21 heavy (non-hydrogen) atoms. The SMILES string of the molecule is CCCNCc1cc2ccccc2n1CCC1CCCO1. The van der Waals surface area contributed by atoms with E-state index in [2.05, 4.69) is 47.1 Å². The first-order valence-corrected chi connectivity index (χ1v) is 8.28. The number of aromatic nitrogens is 1. The van der Waals surface area contributed by atoms with Crippen molar-refractivity contribution in [1.29, 1.82) is 0 Å². The normalized spacial score (nSPS) is 18.6. The highest BCUT2D eigenvalue weighted by atomic mass is 16.5. The second kappa shape index (κ2) is 7.10. The van der Waals surface area contributed by atoms with Crippen LogP contribution in [0.3, 0.4) is 0 Å². The Morgan fingerprint density at radius 1 is 1.33 bits per heavy atom. The van der Waals surface area contributed by atoms with E-state index < -0.39 is 0 Å². The average Bonchev–Trinajstić information content (AvgIpc) is 3.12. The first-order chi connectivity index (χ1) is 10.4. The van der Waals surface area contributed by atoms with Crippen LogP contribution in [0.1, 0.15) is 38.3 Å². The number of benzene rings is 1.